The number of pyridine rings is 1. The monoisotopic (exact) mass is 445 g/mol. The van der Waals surface area contributed by atoms with Gasteiger partial charge in [0.1, 0.15) is 0 Å². The molecule has 2 heterocycles. The lowest BCUT2D eigenvalue weighted by molar-refractivity contribution is -0.123. The quantitative estimate of drug-likeness (QED) is 0.600. The fourth-order valence-corrected chi connectivity index (χ4v) is 4.36. The van der Waals surface area contributed by atoms with Crippen LogP contribution < -0.4 is 15.5 Å². The van der Waals surface area contributed by atoms with E-state index in [4.69, 9.17) is 0 Å². The van der Waals surface area contributed by atoms with Gasteiger partial charge in [0.25, 0.3) is 0 Å². The summed E-state index contributed by atoms with van der Waals surface area (Å²) in [5, 5.41) is 6.83. The normalized spacial score (nSPS) is 14.7. The fourth-order valence-electron chi connectivity index (χ4n) is 4.36. The molecule has 1 aliphatic heterocycles. The maximum atomic E-state index is 12.8. The number of aromatic nitrogens is 1. The molecule has 1 aromatic heterocycles. The first-order valence-electron chi connectivity index (χ1n) is 11.5. The van der Waals surface area contributed by atoms with E-state index >= 15 is 0 Å². The molecule has 4 rings (SSSR count). The minimum Gasteiger partial charge on any atom is -0.337 e. The minimum absolute atomic E-state index is 0.0472. The maximum absolute atomic E-state index is 12.8. The summed E-state index contributed by atoms with van der Waals surface area (Å²) in [6, 6.07) is 19.2. The lowest BCUT2D eigenvalue weighted by Gasteiger charge is -2.33. The number of fused-ring (bicyclic) bond motifs is 1. The molecular weight excluding hydrogens is 414 g/mol. The molecule has 2 N–H and O–H groups in total. The number of aryl methyl sites for hydroxylation is 1. The van der Waals surface area contributed by atoms with Gasteiger partial charge in [-0.05, 0) is 57.1 Å². The number of nitrogens with zero attached hydrogens (tertiary/aromatic N) is 3. The van der Waals surface area contributed by atoms with Gasteiger partial charge in [-0.15, -0.1) is 0 Å². The van der Waals surface area contributed by atoms with E-state index < -0.39 is 0 Å². The van der Waals surface area contributed by atoms with E-state index in [1.807, 2.05) is 74.6 Å². The molecule has 0 saturated carbocycles. The predicted molar refractivity (Wildman–Crippen MR) is 133 cm³/mol. The van der Waals surface area contributed by atoms with Gasteiger partial charge in [-0.2, -0.15) is 0 Å². The van der Waals surface area contributed by atoms with Gasteiger partial charge in [0.15, 0.2) is 0 Å². The number of anilines is 2. The van der Waals surface area contributed by atoms with Crippen LogP contribution in [0.3, 0.4) is 0 Å². The van der Waals surface area contributed by atoms with Crippen LogP contribution in [0.15, 0.2) is 60.7 Å². The molecule has 33 heavy (non-hydrogen) atoms. The van der Waals surface area contributed by atoms with Gasteiger partial charge in [-0.25, -0.2) is 4.79 Å². The maximum Gasteiger partial charge on any atom is 0.319 e. The third-order valence-electron chi connectivity index (χ3n) is 6.22. The first-order chi connectivity index (χ1) is 16.0. The number of rotatable bonds is 6. The van der Waals surface area contributed by atoms with E-state index in [9.17, 15) is 9.59 Å². The van der Waals surface area contributed by atoms with Crippen molar-refractivity contribution in [1.29, 1.82) is 0 Å². The van der Waals surface area contributed by atoms with Crippen molar-refractivity contribution < 1.29 is 9.59 Å². The highest BCUT2D eigenvalue weighted by atomic mass is 16.2. The standard InChI is InChI=1S/C26H31N5O2/c1-19-18-24(22-10-6-7-11-23(22)28-19)29-26(33)27-14-17-31-15-12-20(13-16-31)25(32)30(2)21-8-4-3-5-9-21/h3-11,18,20H,12-17H2,1-2H3,(H2,27,28,29,33). The van der Waals surface area contributed by atoms with Crippen molar-refractivity contribution in [3.63, 3.8) is 0 Å². The molecule has 1 fully saturated rings. The Morgan fingerprint density at radius 1 is 1.06 bits per heavy atom. The Balaban J connectivity index is 1.21. The van der Waals surface area contributed by atoms with Crippen molar-refractivity contribution in [3.05, 3.63) is 66.4 Å². The van der Waals surface area contributed by atoms with Crippen LogP contribution in [0.25, 0.3) is 10.9 Å². The zero-order valence-electron chi connectivity index (χ0n) is 19.3. The second-order valence-electron chi connectivity index (χ2n) is 8.56. The highest BCUT2D eigenvalue weighted by molar-refractivity contribution is 6.00. The summed E-state index contributed by atoms with van der Waals surface area (Å²) >= 11 is 0. The molecule has 1 aliphatic rings. The zero-order chi connectivity index (χ0) is 23.2. The summed E-state index contributed by atoms with van der Waals surface area (Å²) < 4.78 is 0. The van der Waals surface area contributed by atoms with Gasteiger partial charge in [-0.1, -0.05) is 36.4 Å². The average molecular weight is 446 g/mol. The summed E-state index contributed by atoms with van der Waals surface area (Å²) in [7, 11) is 1.85. The molecule has 0 aliphatic carbocycles. The van der Waals surface area contributed by atoms with Crippen LogP contribution in [-0.2, 0) is 4.79 Å². The van der Waals surface area contributed by atoms with Crippen molar-refractivity contribution in [2.45, 2.75) is 19.8 Å². The number of amides is 3. The van der Waals surface area contributed by atoms with Crippen molar-refractivity contribution >= 4 is 34.2 Å². The number of hydrogen-bond donors (Lipinski definition) is 2. The fraction of sp³-hybridized carbons (Fsp3) is 0.346. The van der Waals surface area contributed by atoms with E-state index in [0.717, 1.165) is 60.4 Å². The SMILES string of the molecule is Cc1cc(NC(=O)NCCN2CCC(C(=O)N(C)c3ccccc3)CC2)c2ccccc2n1. The van der Waals surface area contributed by atoms with Crippen molar-refractivity contribution in [3.8, 4) is 0 Å². The first kappa shape index (κ1) is 22.7. The van der Waals surface area contributed by atoms with Gasteiger partial charge in [-0.3, -0.25) is 9.78 Å². The topological polar surface area (TPSA) is 77.6 Å². The summed E-state index contributed by atoms with van der Waals surface area (Å²) in [5.41, 5.74) is 3.41. The third kappa shape index (κ3) is 5.68. The number of urea groups is 1. The highest BCUT2D eigenvalue weighted by Crippen LogP contribution is 2.23. The Morgan fingerprint density at radius 2 is 1.76 bits per heavy atom. The van der Waals surface area contributed by atoms with Crippen molar-refractivity contribution in [1.82, 2.24) is 15.2 Å². The molecule has 0 bridgehead atoms. The number of nitrogens with one attached hydrogen (secondary N) is 2. The number of para-hydroxylation sites is 2. The van der Waals surface area contributed by atoms with Gasteiger partial charge in [0.2, 0.25) is 5.91 Å². The zero-order valence-corrected chi connectivity index (χ0v) is 19.3. The van der Waals surface area contributed by atoms with Crippen LogP contribution >= 0.6 is 0 Å². The largest absolute Gasteiger partial charge is 0.337 e. The van der Waals surface area contributed by atoms with Crippen molar-refractivity contribution in [2.24, 2.45) is 5.92 Å². The molecule has 172 valence electrons. The molecule has 0 unspecified atom stereocenters. The number of benzene rings is 2. The highest BCUT2D eigenvalue weighted by Gasteiger charge is 2.27. The van der Waals surface area contributed by atoms with Gasteiger partial charge in [0.05, 0.1) is 11.2 Å². The Bertz CT molecular complexity index is 1110. The number of piperidine rings is 1. The molecule has 7 nitrogen and oxygen atoms in total. The van der Waals surface area contributed by atoms with E-state index in [0.29, 0.717) is 6.54 Å². The predicted octanol–water partition coefficient (Wildman–Crippen LogP) is 4.04. The Kier molecular flexibility index (Phi) is 7.19. The molecule has 7 heteroatoms. The van der Waals surface area contributed by atoms with Crippen molar-refractivity contribution in [2.75, 3.05) is 43.4 Å². The molecule has 1 saturated heterocycles. The summed E-state index contributed by atoms with van der Waals surface area (Å²) in [5.74, 6) is 0.226. The smallest absolute Gasteiger partial charge is 0.319 e. The summed E-state index contributed by atoms with van der Waals surface area (Å²) in [6.07, 6.45) is 1.68. The molecule has 2 aromatic carbocycles. The summed E-state index contributed by atoms with van der Waals surface area (Å²) in [4.78, 5) is 33.9. The van der Waals surface area contributed by atoms with Gasteiger partial charge >= 0.3 is 6.03 Å². The molecule has 0 spiro atoms. The van der Waals surface area contributed by atoms with E-state index in [1.54, 1.807) is 4.90 Å². The second-order valence-corrected chi connectivity index (χ2v) is 8.56. The average Bonchev–Trinajstić information content (AvgIpc) is 2.84. The molecule has 3 amide bonds. The number of hydrogen-bond acceptors (Lipinski definition) is 4. The van der Waals surface area contributed by atoms with Crippen LogP contribution in [0, 0.1) is 12.8 Å². The van der Waals surface area contributed by atoms with Crippen LogP contribution in [0.4, 0.5) is 16.2 Å². The molecule has 3 aromatic rings. The molecular formula is C26H31N5O2. The van der Waals surface area contributed by atoms with E-state index in [2.05, 4.69) is 20.5 Å². The number of carbonyl (C=O) groups is 2. The van der Waals surface area contributed by atoms with E-state index in [1.165, 1.54) is 0 Å². The summed E-state index contributed by atoms with van der Waals surface area (Å²) in [6.45, 7) is 4.95. The van der Waals surface area contributed by atoms with Gasteiger partial charge < -0.3 is 20.4 Å². The molecule has 0 atom stereocenters. The lowest BCUT2D eigenvalue weighted by Crippen LogP contribution is -2.44. The Labute approximate surface area is 194 Å². The Morgan fingerprint density at radius 3 is 2.52 bits per heavy atom. The third-order valence-corrected chi connectivity index (χ3v) is 6.22. The van der Waals surface area contributed by atoms with Gasteiger partial charge in [0, 0.05) is 42.8 Å². The second kappa shape index (κ2) is 10.4. The minimum atomic E-state index is -0.222. The molecule has 0 radical (unpaired) electrons. The van der Waals surface area contributed by atoms with E-state index in [-0.39, 0.29) is 17.9 Å². The van der Waals surface area contributed by atoms with Crippen LogP contribution in [0.2, 0.25) is 0 Å². The van der Waals surface area contributed by atoms with Crippen LogP contribution in [0.1, 0.15) is 18.5 Å². The van der Waals surface area contributed by atoms with Crippen LogP contribution in [-0.4, -0.2) is 55.0 Å². The Hall–Kier alpha value is -3.45. The first-order valence-corrected chi connectivity index (χ1v) is 11.5. The number of likely N-dealkylation sites (tertiary alicyclic amines) is 1. The lowest BCUT2D eigenvalue weighted by atomic mass is 9.95. The van der Waals surface area contributed by atoms with Crippen LogP contribution in [0.5, 0.6) is 0 Å². The number of carbonyl (C=O) groups excluding carboxylic acids is 2.